The first-order valence-electron chi connectivity index (χ1n) is 7.61. The molecule has 0 saturated carbocycles. The number of halogens is 1. The number of aryl methyl sites for hydroxylation is 1. The molecular formula is C17H19ClN2O3. The highest BCUT2D eigenvalue weighted by atomic mass is 35.5. The number of carboxylic acids is 1. The predicted molar refractivity (Wildman–Crippen MR) is 88.5 cm³/mol. The Labute approximate surface area is 139 Å². The molecule has 0 spiro atoms. The molecule has 1 heterocycles. The molecule has 0 amide bonds. The molecule has 0 bridgehead atoms. The Bertz CT molecular complexity index is 796. The molecule has 1 aromatic carbocycles. The first-order chi connectivity index (χ1) is 11.0. The second-order valence-electron chi connectivity index (χ2n) is 5.86. The average Bonchev–Trinajstić information content (AvgIpc) is 2.92. The van der Waals surface area contributed by atoms with Crippen molar-refractivity contribution in [1.29, 1.82) is 0 Å². The molecule has 5 nitrogen and oxygen atoms in total. The van der Waals surface area contributed by atoms with Crippen molar-refractivity contribution in [2.24, 2.45) is 7.05 Å². The molecule has 0 radical (unpaired) electrons. The highest BCUT2D eigenvalue weighted by Gasteiger charge is 2.26. The Morgan fingerprint density at radius 1 is 1.35 bits per heavy atom. The molecule has 0 aliphatic heterocycles. The van der Waals surface area contributed by atoms with Crippen molar-refractivity contribution in [1.82, 2.24) is 9.78 Å². The minimum atomic E-state index is -1.05. The zero-order chi connectivity index (χ0) is 16.7. The summed E-state index contributed by atoms with van der Waals surface area (Å²) < 4.78 is 7.15. The van der Waals surface area contributed by atoms with Crippen molar-refractivity contribution in [3.8, 4) is 17.0 Å². The van der Waals surface area contributed by atoms with Crippen molar-refractivity contribution in [2.45, 2.75) is 32.6 Å². The molecule has 6 heteroatoms. The third kappa shape index (κ3) is 2.49. The van der Waals surface area contributed by atoms with E-state index < -0.39 is 5.97 Å². The number of aromatic carboxylic acids is 1. The topological polar surface area (TPSA) is 64.3 Å². The van der Waals surface area contributed by atoms with Crippen molar-refractivity contribution in [3.05, 3.63) is 33.5 Å². The maximum Gasteiger partial charge on any atom is 0.356 e. The Morgan fingerprint density at radius 3 is 2.57 bits per heavy atom. The molecule has 0 fully saturated rings. The third-order valence-electron chi connectivity index (χ3n) is 4.55. The lowest BCUT2D eigenvalue weighted by Crippen LogP contribution is -2.09. The third-order valence-corrected chi connectivity index (χ3v) is 4.95. The zero-order valence-corrected chi connectivity index (χ0v) is 14.2. The average molecular weight is 335 g/mol. The lowest BCUT2D eigenvalue weighted by Gasteiger charge is -2.24. The molecule has 122 valence electrons. The van der Waals surface area contributed by atoms with E-state index >= 15 is 0 Å². The van der Waals surface area contributed by atoms with Crippen LogP contribution < -0.4 is 4.74 Å². The number of aromatic nitrogens is 2. The maximum atomic E-state index is 11.2. The van der Waals surface area contributed by atoms with Gasteiger partial charge in [0, 0.05) is 12.6 Å². The van der Waals surface area contributed by atoms with Crippen LogP contribution in [0.3, 0.4) is 0 Å². The summed E-state index contributed by atoms with van der Waals surface area (Å²) in [5, 5.41) is 13.9. The number of carbonyl (C=O) groups is 1. The van der Waals surface area contributed by atoms with Gasteiger partial charge in [0.15, 0.2) is 5.69 Å². The van der Waals surface area contributed by atoms with E-state index in [4.69, 9.17) is 16.3 Å². The van der Waals surface area contributed by atoms with Gasteiger partial charge >= 0.3 is 5.97 Å². The van der Waals surface area contributed by atoms with Gasteiger partial charge in [-0.2, -0.15) is 5.10 Å². The van der Waals surface area contributed by atoms with Crippen LogP contribution in [-0.4, -0.2) is 28.0 Å². The number of hydrogen-bond acceptors (Lipinski definition) is 3. The Hall–Kier alpha value is -2.01. The van der Waals surface area contributed by atoms with E-state index in [2.05, 4.69) is 5.10 Å². The maximum absolute atomic E-state index is 11.2. The van der Waals surface area contributed by atoms with E-state index in [1.165, 1.54) is 5.56 Å². The number of benzene rings is 1. The molecule has 1 aromatic heterocycles. The lowest BCUT2D eigenvalue weighted by molar-refractivity contribution is 0.0689. The van der Waals surface area contributed by atoms with E-state index in [-0.39, 0.29) is 5.69 Å². The number of nitrogens with zero attached hydrogens (tertiary/aromatic N) is 2. The van der Waals surface area contributed by atoms with Gasteiger partial charge < -0.3 is 9.84 Å². The smallest absolute Gasteiger partial charge is 0.356 e. The summed E-state index contributed by atoms with van der Waals surface area (Å²) in [5.74, 6) is -0.447. The summed E-state index contributed by atoms with van der Waals surface area (Å²) in [6, 6.07) is 1.57. The van der Waals surface area contributed by atoms with Gasteiger partial charge in [0.1, 0.15) is 5.75 Å². The molecule has 0 saturated heterocycles. The first kappa shape index (κ1) is 15.9. The summed E-state index contributed by atoms with van der Waals surface area (Å²) in [6.45, 7) is 2.05. The van der Waals surface area contributed by atoms with Crippen LogP contribution in [0.4, 0.5) is 0 Å². The fraction of sp³-hybridized carbons (Fsp3) is 0.412. The van der Waals surface area contributed by atoms with Crippen LogP contribution in [0.25, 0.3) is 11.3 Å². The van der Waals surface area contributed by atoms with Crippen molar-refractivity contribution < 1.29 is 14.6 Å². The minimum Gasteiger partial charge on any atom is -0.494 e. The van der Waals surface area contributed by atoms with E-state index in [9.17, 15) is 9.90 Å². The van der Waals surface area contributed by atoms with E-state index in [1.807, 2.05) is 6.92 Å². The molecule has 2 aromatic rings. The fourth-order valence-corrected chi connectivity index (χ4v) is 3.82. The molecular weight excluding hydrogens is 316 g/mol. The quantitative estimate of drug-likeness (QED) is 0.930. The van der Waals surface area contributed by atoms with Gasteiger partial charge in [-0.15, -0.1) is 0 Å². The number of ether oxygens (including phenoxy) is 1. The molecule has 23 heavy (non-hydrogen) atoms. The normalized spacial score (nSPS) is 13.7. The summed E-state index contributed by atoms with van der Waals surface area (Å²) in [5.41, 5.74) is 5.07. The van der Waals surface area contributed by atoms with Gasteiger partial charge in [-0.3, -0.25) is 4.68 Å². The standard InChI is InChI=1S/C17H19ClN2O3/c1-9-10-6-4-5-7-11(10)15(18)16(23-3)14(9)13-8-12(17(21)22)19-20(13)2/h8H,4-7H2,1-3H3,(H,21,22). The highest BCUT2D eigenvalue weighted by Crippen LogP contribution is 2.45. The number of methoxy groups -OCH3 is 1. The zero-order valence-electron chi connectivity index (χ0n) is 13.4. The van der Waals surface area contributed by atoms with Gasteiger partial charge in [-0.05, 0) is 55.4 Å². The Balaban J connectivity index is 2.31. The summed E-state index contributed by atoms with van der Waals surface area (Å²) in [4.78, 5) is 11.2. The van der Waals surface area contributed by atoms with Gasteiger partial charge in [-0.25, -0.2) is 4.79 Å². The number of hydrogen-bond donors (Lipinski definition) is 1. The van der Waals surface area contributed by atoms with Crippen LogP contribution in [0, 0.1) is 6.92 Å². The van der Waals surface area contributed by atoms with Crippen molar-refractivity contribution in [3.63, 3.8) is 0 Å². The summed E-state index contributed by atoms with van der Waals surface area (Å²) in [7, 11) is 3.32. The van der Waals surface area contributed by atoms with Crippen LogP contribution in [0.15, 0.2) is 6.07 Å². The Kier molecular flexibility index (Phi) is 4.06. The minimum absolute atomic E-state index is 0.0118. The fourth-order valence-electron chi connectivity index (χ4n) is 3.44. The second kappa shape index (κ2) is 5.89. The van der Waals surface area contributed by atoms with Crippen LogP contribution in [0.5, 0.6) is 5.75 Å². The number of fused-ring (bicyclic) bond motifs is 1. The predicted octanol–water partition coefficient (Wildman–Crippen LogP) is 3.63. The highest BCUT2D eigenvalue weighted by molar-refractivity contribution is 6.33. The van der Waals surface area contributed by atoms with E-state index in [0.29, 0.717) is 16.5 Å². The van der Waals surface area contributed by atoms with Gasteiger partial charge in [-0.1, -0.05) is 11.6 Å². The molecule has 0 unspecified atom stereocenters. The lowest BCUT2D eigenvalue weighted by atomic mass is 9.85. The van der Waals surface area contributed by atoms with E-state index in [1.54, 1.807) is 24.9 Å². The van der Waals surface area contributed by atoms with Gasteiger partial charge in [0.25, 0.3) is 0 Å². The molecule has 1 aliphatic rings. The first-order valence-corrected chi connectivity index (χ1v) is 7.99. The monoisotopic (exact) mass is 334 g/mol. The molecule has 3 rings (SSSR count). The van der Waals surface area contributed by atoms with E-state index in [0.717, 1.165) is 42.4 Å². The summed E-state index contributed by atoms with van der Waals surface area (Å²) in [6.07, 6.45) is 4.21. The summed E-state index contributed by atoms with van der Waals surface area (Å²) >= 11 is 6.60. The Morgan fingerprint density at radius 2 is 2.00 bits per heavy atom. The second-order valence-corrected chi connectivity index (χ2v) is 6.23. The van der Waals surface area contributed by atoms with Crippen LogP contribution in [-0.2, 0) is 19.9 Å². The van der Waals surface area contributed by atoms with Crippen LogP contribution in [0.2, 0.25) is 5.02 Å². The number of rotatable bonds is 3. The SMILES string of the molecule is COc1c(Cl)c2c(c(C)c1-c1cc(C(=O)O)nn1C)CCCC2. The molecule has 1 aliphatic carbocycles. The van der Waals surface area contributed by atoms with Crippen LogP contribution >= 0.6 is 11.6 Å². The number of carboxylic acid groups (broad SMARTS) is 1. The van der Waals surface area contributed by atoms with Crippen molar-refractivity contribution >= 4 is 17.6 Å². The molecule has 0 atom stereocenters. The van der Waals surface area contributed by atoms with Gasteiger partial charge in [0.2, 0.25) is 0 Å². The molecule has 1 N–H and O–H groups in total. The van der Waals surface area contributed by atoms with Crippen LogP contribution in [0.1, 0.15) is 40.0 Å². The largest absolute Gasteiger partial charge is 0.494 e. The van der Waals surface area contributed by atoms with Gasteiger partial charge in [0.05, 0.1) is 17.8 Å². The van der Waals surface area contributed by atoms with Crippen molar-refractivity contribution in [2.75, 3.05) is 7.11 Å².